The van der Waals surface area contributed by atoms with Gasteiger partial charge in [-0.3, -0.25) is 0 Å². The Morgan fingerprint density at radius 3 is 3.07 bits per heavy atom. The van der Waals surface area contributed by atoms with Gasteiger partial charge in [0.2, 0.25) is 0 Å². The minimum Gasteiger partial charge on any atom is -0.336 e. The average molecular weight is 193 g/mol. The predicted octanol–water partition coefficient (Wildman–Crippen LogP) is 1.66. The number of hydrogen-bond donors (Lipinski definition) is 1. The van der Waals surface area contributed by atoms with E-state index in [0.717, 1.165) is 19.0 Å². The van der Waals surface area contributed by atoms with Crippen LogP contribution in [0.5, 0.6) is 0 Å². The van der Waals surface area contributed by atoms with E-state index < -0.39 is 0 Å². The SMILES string of the molecule is CC(CC1CC1)NCCn1ccnc1. The third-order valence-corrected chi connectivity index (χ3v) is 2.81. The van der Waals surface area contributed by atoms with Gasteiger partial charge in [0.15, 0.2) is 0 Å². The number of rotatable bonds is 6. The molecule has 1 aromatic heterocycles. The number of hydrogen-bond acceptors (Lipinski definition) is 2. The predicted molar refractivity (Wildman–Crippen MR) is 57.0 cm³/mol. The standard InChI is InChI=1S/C11H19N3/c1-10(8-11-2-3-11)13-5-7-14-6-4-12-9-14/h4,6,9-11,13H,2-3,5,7-8H2,1H3. The first kappa shape index (κ1) is 9.71. The van der Waals surface area contributed by atoms with E-state index in [0.29, 0.717) is 6.04 Å². The molecule has 2 rings (SSSR count). The highest BCUT2D eigenvalue weighted by molar-refractivity contribution is 4.78. The van der Waals surface area contributed by atoms with E-state index >= 15 is 0 Å². The lowest BCUT2D eigenvalue weighted by Crippen LogP contribution is -2.29. The second kappa shape index (κ2) is 4.60. The molecule has 1 fully saturated rings. The summed E-state index contributed by atoms with van der Waals surface area (Å²) in [6, 6.07) is 0.672. The van der Waals surface area contributed by atoms with Crippen molar-refractivity contribution in [2.45, 2.75) is 38.8 Å². The monoisotopic (exact) mass is 193 g/mol. The summed E-state index contributed by atoms with van der Waals surface area (Å²) >= 11 is 0. The van der Waals surface area contributed by atoms with Crippen molar-refractivity contribution in [2.75, 3.05) is 6.54 Å². The Morgan fingerprint density at radius 1 is 1.57 bits per heavy atom. The highest BCUT2D eigenvalue weighted by Crippen LogP contribution is 2.33. The zero-order valence-electron chi connectivity index (χ0n) is 8.82. The van der Waals surface area contributed by atoms with Crippen molar-refractivity contribution in [3.05, 3.63) is 18.7 Å². The summed E-state index contributed by atoms with van der Waals surface area (Å²) in [6.07, 6.45) is 9.96. The molecule has 78 valence electrons. The van der Waals surface area contributed by atoms with Crippen LogP contribution in [-0.4, -0.2) is 22.1 Å². The molecular weight excluding hydrogens is 174 g/mol. The summed E-state index contributed by atoms with van der Waals surface area (Å²) in [5.74, 6) is 1.02. The molecule has 0 aromatic carbocycles. The molecule has 1 saturated carbocycles. The molecule has 1 heterocycles. The smallest absolute Gasteiger partial charge is 0.0946 e. The van der Waals surface area contributed by atoms with Crippen LogP contribution in [0.4, 0.5) is 0 Å². The summed E-state index contributed by atoms with van der Waals surface area (Å²) < 4.78 is 2.11. The van der Waals surface area contributed by atoms with E-state index in [-0.39, 0.29) is 0 Å². The fraction of sp³-hybridized carbons (Fsp3) is 0.727. The lowest BCUT2D eigenvalue weighted by atomic mass is 10.1. The van der Waals surface area contributed by atoms with Gasteiger partial charge in [0, 0.05) is 31.5 Å². The molecule has 0 spiro atoms. The van der Waals surface area contributed by atoms with Crippen LogP contribution in [0.1, 0.15) is 26.2 Å². The largest absolute Gasteiger partial charge is 0.336 e. The summed E-state index contributed by atoms with van der Waals surface area (Å²) in [4.78, 5) is 4.01. The minimum atomic E-state index is 0.672. The van der Waals surface area contributed by atoms with Crippen LogP contribution in [0.3, 0.4) is 0 Å². The molecule has 1 N–H and O–H groups in total. The van der Waals surface area contributed by atoms with E-state index in [9.17, 15) is 0 Å². The molecule has 1 unspecified atom stereocenters. The lowest BCUT2D eigenvalue weighted by molar-refractivity contribution is 0.470. The molecule has 0 amide bonds. The third kappa shape index (κ3) is 3.14. The van der Waals surface area contributed by atoms with Crippen LogP contribution in [0.2, 0.25) is 0 Å². The maximum atomic E-state index is 4.01. The highest BCUT2D eigenvalue weighted by Gasteiger charge is 2.22. The van der Waals surface area contributed by atoms with Crippen LogP contribution in [0.15, 0.2) is 18.7 Å². The van der Waals surface area contributed by atoms with Gasteiger partial charge in [-0.15, -0.1) is 0 Å². The first-order valence-electron chi connectivity index (χ1n) is 5.53. The van der Waals surface area contributed by atoms with Crippen molar-refractivity contribution in [1.29, 1.82) is 0 Å². The van der Waals surface area contributed by atoms with Gasteiger partial charge in [-0.1, -0.05) is 12.8 Å². The molecule has 0 saturated heterocycles. The average Bonchev–Trinajstić information content (AvgIpc) is 2.82. The fourth-order valence-electron chi connectivity index (χ4n) is 1.80. The Balaban J connectivity index is 1.57. The molecule has 0 aliphatic heterocycles. The first-order valence-corrected chi connectivity index (χ1v) is 5.53. The normalized spacial score (nSPS) is 18.4. The second-order valence-electron chi connectivity index (χ2n) is 4.33. The zero-order chi connectivity index (χ0) is 9.80. The molecular formula is C11H19N3. The van der Waals surface area contributed by atoms with Gasteiger partial charge in [0.25, 0.3) is 0 Å². The van der Waals surface area contributed by atoms with Gasteiger partial charge in [-0.05, 0) is 19.3 Å². The van der Waals surface area contributed by atoms with Crippen molar-refractivity contribution in [3.63, 3.8) is 0 Å². The lowest BCUT2D eigenvalue weighted by Gasteiger charge is -2.13. The van der Waals surface area contributed by atoms with E-state index in [2.05, 4.69) is 21.8 Å². The summed E-state index contributed by atoms with van der Waals surface area (Å²) in [7, 11) is 0. The van der Waals surface area contributed by atoms with Crippen LogP contribution in [0, 0.1) is 5.92 Å². The Labute approximate surface area is 85.5 Å². The van der Waals surface area contributed by atoms with Gasteiger partial charge in [-0.2, -0.15) is 0 Å². The number of nitrogens with one attached hydrogen (secondary N) is 1. The maximum absolute atomic E-state index is 4.01. The maximum Gasteiger partial charge on any atom is 0.0946 e. The van der Waals surface area contributed by atoms with Crippen molar-refractivity contribution in [2.24, 2.45) is 5.92 Å². The summed E-state index contributed by atoms with van der Waals surface area (Å²) in [6.45, 7) is 4.35. The second-order valence-corrected chi connectivity index (χ2v) is 4.33. The molecule has 3 heteroatoms. The molecule has 3 nitrogen and oxygen atoms in total. The van der Waals surface area contributed by atoms with Crippen LogP contribution >= 0.6 is 0 Å². The molecule has 14 heavy (non-hydrogen) atoms. The molecule has 1 aliphatic rings. The molecule has 1 atom stereocenters. The van der Waals surface area contributed by atoms with Crippen LogP contribution in [0.25, 0.3) is 0 Å². The quantitative estimate of drug-likeness (QED) is 0.744. The molecule has 1 aliphatic carbocycles. The third-order valence-electron chi connectivity index (χ3n) is 2.81. The van der Waals surface area contributed by atoms with Gasteiger partial charge in [0.05, 0.1) is 6.33 Å². The number of aromatic nitrogens is 2. The van der Waals surface area contributed by atoms with E-state index in [4.69, 9.17) is 0 Å². The Kier molecular flexibility index (Phi) is 3.19. The molecule has 1 aromatic rings. The Morgan fingerprint density at radius 2 is 2.43 bits per heavy atom. The zero-order valence-corrected chi connectivity index (χ0v) is 8.82. The van der Waals surface area contributed by atoms with Gasteiger partial charge in [0.1, 0.15) is 0 Å². The van der Waals surface area contributed by atoms with Crippen molar-refractivity contribution in [1.82, 2.24) is 14.9 Å². The van der Waals surface area contributed by atoms with Crippen molar-refractivity contribution >= 4 is 0 Å². The van der Waals surface area contributed by atoms with Crippen molar-refractivity contribution in [3.8, 4) is 0 Å². The Bertz CT molecular complexity index is 252. The van der Waals surface area contributed by atoms with E-state index in [1.54, 1.807) is 0 Å². The van der Waals surface area contributed by atoms with E-state index in [1.807, 2.05) is 18.7 Å². The number of imidazole rings is 1. The number of nitrogens with zero attached hydrogens (tertiary/aromatic N) is 2. The minimum absolute atomic E-state index is 0.672. The summed E-state index contributed by atoms with van der Waals surface area (Å²) in [5, 5.41) is 3.54. The molecule has 0 bridgehead atoms. The topological polar surface area (TPSA) is 29.9 Å². The van der Waals surface area contributed by atoms with Crippen LogP contribution < -0.4 is 5.32 Å². The summed E-state index contributed by atoms with van der Waals surface area (Å²) in [5.41, 5.74) is 0. The highest BCUT2D eigenvalue weighted by atomic mass is 15.0. The fourth-order valence-corrected chi connectivity index (χ4v) is 1.80. The van der Waals surface area contributed by atoms with Gasteiger partial charge in [-0.25, -0.2) is 4.98 Å². The van der Waals surface area contributed by atoms with Gasteiger partial charge >= 0.3 is 0 Å². The van der Waals surface area contributed by atoms with Crippen LogP contribution in [-0.2, 0) is 6.54 Å². The van der Waals surface area contributed by atoms with E-state index in [1.165, 1.54) is 19.3 Å². The van der Waals surface area contributed by atoms with Gasteiger partial charge < -0.3 is 9.88 Å². The molecule has 0 radical (unpaired) electrons. The first-order chi connectivity index (χ1) is 6.84. The van der Waals surface area contributed by atoms with Crippen molar-refractivity contribution < 1.29 is 0 Å². The Hall–Kier alpha value is -0.830.